The molecule has 0 saturated heterocycles. The molecule has 0 bridgehead atoms. The van der Waals surface area contributed by atoms with Crippen molar-refractivity contribution in [2.24, 2.45) is 0 Å². The normalized spacial score (nSPS) is 12.9. The van der Waals surface area contributed by atoms with Crippen LogP contribution in [0.15, 0.2) is 47.3 Å². The summed E-state index contributed by atoms with van der Waals surface area (Å²) >= 11 is 0. The third kappa shape index (κ3) is 4.09. The van der Waals surface area contributed by atoms with Crippen molar-refractivity contribution in [2.45, 2.75) is 13.0 Å². The van der Waals surface area contributed by atoms with Gasteiger partial charge in [-0.25, -0.2) is 4.79 Å². The Morgan fingerprint density at radius 1 is 1.03 bits per heavy atom. The van der Waals surface area contributed by atoms with E-state index in [-0.39, 0.29) is 17.2 Å². The van der Waals surface area contributed by atoms with Crippen LogP contribution in [0.4, 0.5) is 0 Å². The highest BCUT2D eigenvalue weighted by atomic mass is 16.5. The molecular weight excluding hydrogens is 400 g/mol. The molecule has 0 radical (unpaired) electrons. The number of amides is 1. The first kappa shape index (κ1) is 20.5. The molecule has 1 N–H and O–H groups in total. The number of rotatable bonds is 5. The zero-order chi connectivity index (χ0) is 22.0. The first-order valence-corrected chi connectivity index (χ1v) is 9.81. The molecule has 4 rings (SSSR count). The molecule has 1 aliphatic heterocycles. The van der Waals surface area contributed by atoms with Gasteiger partial charge in [0.2, 0.25) is 0 Å². The van der Waals surface area contributed by atoms with Crippen molar-refractivity contribution in [1.82, 2.24) is 9.88 Å². The molecule has 1 aliphatic rings. The van der Waals surface area contributed by atoms with Gasteiger partial charge in [-0.1, -0.05) is 18.2 Å². The van der Waals surface area contributed by atoms with Crippen LogP contribution in [0.1, 0.15) is 21.6 Å². The van der Waals surface area contributed by atoms with Crippen molar-refractivity contribution in [3.63, 3.8) is 0 Å². The lowest BCUT2D eigenvalue weighted by Crippen LogP contribution is -2.38. The second kappa shape index (κ2) is 8.51. The molecule has 0 fully saturated rings. The van der Waals surface area contributed by atoms with Crippen molar-refractivity contribution < 1.29 is 23.8 Å². The predicted octanol–water partition coefficient (Wildman–Crippen LogP) is 2.29. The summed E-state index contributed by atoms with van der Waals surface area (Å²) in [5.41, 5.74) is 1.68. The molecule has 0 saturated carbocycles. The van der Waals surface area contributed by atoms with Crippen molar-refractivity contribution >= 4 is 22.6 Å². The van der Waals surface area contributed by atoms with Gasteiger partial charge >= 0.3 is 5.97 Å². The number of carbonyl (C=O) groups excluding carboxylic acids is 2. The number of nitrogens with zero attached hydrogens (tertiary/aromatic N) is 1. The Labute approximate surface area is 178 Å². The SMILES string of the molecule is COc1cc2c(cc1OC)CN(C(=O)COC(=O)c1cc3ccccc3c(=O)[nH]1)CC2. The highest BCUT2D eigenvalue weighted by Gasteiger charge is 2.24. The molecule has 31 heavy (non-hydrogen) atoms. The Kier molecular flexibility index (Phi) is 5.62. The Morgan fingerprint density at radius 2 is 1.74 bits per heavy atom. The molecule has 3 aromatic rings. The van der Waals surface area contributed by atoms with Crippen LogP contribution in [0, 0.1) is 0 Å². The van der Waals surface area contributed by atoms with Crippen LogP contribution in [-0.4, -0.2) is 49.1 Å². The number of hydrogen-bond acceptors (Lipinski definition) is 6. The fraction of sp³-hybridized carbons (Fsp3) is 0.261. The summed E-state index contributed by atoms with van der Waals surface area (Å²) in [6, 6.07) is 12.3. The minimum Gasteiger partial charge on any atom is -0.493 e. The molecule has 2 aromatic carbocycles. The molecule has 2 heterocycles. The van der Waals surface area contributed by atoms with Crippen LogP contribution in [0.2, 0.25) is 0 Å². The van der Waals surface area contributed by atoms with E-state index in [1.54, 1.807) is 49.5 Å². The van der Waals surface area contributed by atoms with E-state index in [9.17, 15) is 14.4 Å². The van der Waals surface area contributed by atoms with E-state index in [2.05, 4.69) is 4.98 Å². The first-order valence-electron chi connectivity index (χ1n) is 9.81. The van der Waals surface area contributed by atoms with Gasteiger partial charge in [-0.15, -0.1) is 0 Å². The van der Waals surface area contributed by atoms with E-state index >= 15 is 0 Å². The molecule has 8 nitrogen and oxygen atoms in total. The van der Waals surface area contributed by atoms with E-state index < -0.39 is 12.6 Å². The highest BCUT2D eigenvalue weighted by Crippen LogP contribution is 2.33. The number of pyridine rings is 1. The number of carbonyl (C=O) groups is 2. The maximum atomic E-state index is 12.6. The summed E-state index contributed by atoms with van der Waals surface area (Å²) in [5.74, 6) is 0.193. The molecule has 1 aromatic heterocycles. The average molecular weight is 422 g/mol. The highest BCUT2D eigenvalue weighted by molar-refractivity contribution is 5.94. The van der Waals surface area contributed by atoms with E-state index in [1.807, 2.05) is 12.1 Å². The lowest BCUT2D eigenvalue weighted by molar-refractivity contribution is -0.135. The maximum Gasteiger partial charge on any atom is 0.355 e. The number of ether oxygens (including phenoxy) is 3. The zero-order valence-corrected chi connectivity index (χ0v) is 17.3. The van der Waals surface area contributed by atoms with Gasteiger partial charge in [0, 0.05) is 18.5 Å². The van der Waals surface area contributed by atoms with Gasteiger partial charge in [0.1, 0.15) is 5.69 Å². The molecule has 1 amide bonds. The first-order chi connectivity index (χ1) is 15.0. The topological polar surface area (TPSA) is 97.9 Å². The Bertz CT molecular complexity index is 1220. The number of esters is 1. The predicted molar refractivity (Wildman–Crippen MR) is 114 cm³/mol. The third-order valence-electron chi connectivity index (χ3n) is 5.37. The summed E-state index contributed by atoms with van der Waals surface area (Å²) in [5, 5.41) is 1.11. The lowest BCUT2D eigenvalue weighted by atomic mass is 9.99. The van der Waals surface area contributed by atoms with E-state index in [1.165, 1.54) is 0 Å². The number of aromatic amines is 1. The number of nitrogens with one attached hydrogen (secondary N) is 1. The molecule has 0 unspecified atom stereocenters. The molecule has 8 heteroatoms. The fourth-order valence-electron chi connectivity index (χ4n) is 3.71. The second-order valence-corrected chi connectivity index (χ2v) is 7.22. The molecule has 0 spiro atoms. The molecule has 0 aliphatic carbocycles. The standard InChI is InChI=1S/C23H22N2O6/c1-29-19-10-14-7-8-25(12-16(14)11-20(19)30-2)21(26)13-31-23(28)18-9-15-5-3-4-6-17(15)22(27)24-18/h3-6,9-11H,7-8,12-13H2,1-2H3,(H,24,27). The van der Waals surface area contributed by atoms with Crippen molar-refractivity contribution in [3.05, 3.63) is 69.6 Å². The summed E-state index contributed by atoms with van der Waals surface area (Å²) in [6.45, 7) is 0.487. The van der Waals surface area contributed by atoms with E-state index in [0.29, 0.717) is 41.8 Å². The smallest absolute Gasteiger partial charge is 0.355 e. The molecule has 0 atom stereocenters. The Hall–Kier alpha value is -3.81. The average Bonchev–Trinajstić information content (AvgIpc) is 2.80. The van der Waals surface area contributed by atoms with Crippen LogP contribution in [0.3, 0.4) is 0 Å². The van der Waals surface area contributed by atoms with Crippen LogP contribution >= 0.6 is 0 Å². The van der Waals surface area contributed by atoms with Gasteiger partial charge in [0.05, 0.1) is 14.2 Å². The number of benzene rings is 2. The van der Waals surface area contributed by atoms with Gasteiger partial charge in [0.25, 0.3) is 11.5 Å². The zero-order valence-electron chi connectivity index (χ0n) is 17.3. The monoisotopic (exact) mass is 422 g/mol. The minimum atomic E-state index is -0.750. The second-order valence-electron chi connectivity index (χ2n) is 7.22. The van der Waals surface area contributed by atoms with E-state index in [4.69, 9.17) is 14.2 Å². The lowest BCUT2D eigenvalue weighted by Gasteiger charge is -2.29. The van der Waals surface area contributed by atoms with Crippen molar-refractivity contribution in [3.8, 4) is 11.5 Å². The largest absolute Gasteiger partial charge is 0.493 e. The van der Waals surface area contributed by atoms with Gasteiger partial charge in [-0.3, -0.25) is 9.59 Å². The quantitative estimate of drug-likeness (QED) is 0.634. The van der Waals surface area contributed by atoms with E-state index in [0.717, 1.165) is 11.1 Å². The van der Waals surface area contributed by atoms with Crippen molar-refractivity contribution in [2.75, 3.05) is 27.4 Å². The summed E-state index contributed by atoms with van der Waals surface area (Å²) in [7, 11) is 3.15. The van der Waals surface area contributed by atoms with Gasteiger partial charge in [-0.05, 0) is 47.2 Å². The van der Waals surface area contributed by atoms with Gasteiger partial charge in [0.15, 0.2) is 18.1 Å². The van der Waals surface area contributed by atoms with Crippen molar-refractivity contribution in [1.29, 1.82) is 0 Å². The molecular formula is C23H22N2O6. The number of fused-ring (bicyclic) bond motifs is 2. The summed E-state index contributed by atoms with van der Waals surface area (Å²) < 4.78 is 15.8. The van der Waals surface area contributed by atoms with Crippen LogP contribution in [0.5, 0.6) is 11.5 Å². The maximum absolute atomic E-state index is 12.6. The van der Waals surface area contributed by atoms with Crippen LogP contribution in [0.25, 0.3) is 10.8 Å². The van der Waals surface area contributed by atoms with Crippen LogP contribution < -0.4 is 15.0 Å². The van der Waals surface area contributed by atoms with Gasteiger partial charge < -0.3 is 24.1 Å². The minimum absolute atomic E-state index is 0.0114. The summed E-state index contributed by atoms with van der Waals surface area (Å²) in [6.07, 6.45) is 0.660. The number of methoxy groups -OCH3 is 2. The number of aromatic nitrogens is 1. The Morgan fingerprint density at radius 3 is 2.48 bits per heavy atom. The number of H-pyrrole nitrogens is 1. The van der Waals surface area contributed by atoms with Gasteiger partial charge in [-0.2, -0.15) is 0 Å². The van der Waals surface area contributed by atoms with Crippen LogP contribution in [-0.2, 0) is 22.5 Å². The molecule has 160 valence electrons. The fourth-order valence-corrected chi connectivity index (χ4v) is 3.71. The Balaban J connectivity index is 1.43. The number of hydrogen-bond donors (Lipinski definition) is 1. The third-order valence-corrected chi connectivity index (χ3v) is 5.37. The summed E-state index contributed by atoms with van der Waals surface area (Å²) in [4.78, 5) is 41.3.